The molecule has 0 saturated carbocycles. The van der Waals surface area contributed by atoms with Gasteiger partial charge in [-0.2, -0.15) is 5.75 Å². The average Bonchev–Trinajstić information content (AvgIpc) is 2.95. The Morgan fingerprint density at radius 1 is 0.950 bits per heavy atom. The quantitative estimate of drug-likeness (QED) is 0.131. The topological polar surface area (TPSA) is 149 Å². The summed E-state index contributed by atoms with van der Waals surface area (Å²) in [6, 6.07) is 16.1. The smallest absolute Gasteiger partial charge is 0.247 e. The fourth-order valence-electron chi connectivity index (χ4n) is 4.81. The molecule has 3 aromatic rings. The Labute approximate surface area is 242 Å². The van der Waals surface area contributed by atoms with Crippen molar-refractivity contribution in [2.24, 2.45) is 17.2 Å². The second kappa shape index (κ2) is 15.7. The highest BCUT2D eigenvalue weighted by Gasteiger charge is 2.25. The van der Waals surface area contributed by atoms with Crippen LogP contribution in [0.5, 0.6) is 0 Å². The lowest BCUT2D eigenvalue weighted by Gasteiger charge is -2.34. The van der Waals surface area contributed by atoms with E-state index in [9.17, 15) is 9.59 Å². The number of nitrogens with zero attached hydrogens (tertiary/aromatic N) is 2. The van der Waals surface area contributed by atoms with Crippen LogP contribution >= 0.6 is 0 Å². The maximum atomic E-state index is 13.4. The van der Waals surface area contributed by atoms with Gasteiger partial charge in [-0.05, 0) is 43.4 Å². The van der Waals surface area contributed by atoms with E-state index in [-0.39, 0.29) is 11.8 Å². The van der Waals surface area contributed by atoms with Crippen molar-refractivity contribution < 1.29 is 14.1 Å². The number of benzene rings is 2. The number of fused-ring (bicyclic) bond motifs is 1. The number of hydrogen-bond acceptors (Lipinski definition) is 7. The number of nitrogens with two attached hydrogens (primary N) is 3. The predicted octanol–water partition coefficient (Wildman–Crippen LogP) is 1.81. The van der Waals surface area contributed by atoms with Crippen LogP contribution in [0.1, 0.15) is 30.4 Å². The molecule has 0 bridgehead atoms. The van der Waals surface area contributed by atoms with Gasteiger partial charge in [0.1, 0.15) is 6.04 Å². The van der Waals surface area contributed by atoms with Crippen LogP contribution in [-0.4, -0.2) is 73.1 Å². The second-order valence-corrected chi connectivity index (χ2v) is 10.9. The lowest BCUT2D eigenvalue weighted by molar-refractivity contribution is -0.907. The number of carbonyl (C=O) groups excluding carboxylic acids is 2. The number of hydrogen-bond donors (Lipinski definition) is 5. The van der Waals surface area contributed by atoms with E-state index in [1.54, 1.807) is 6.20 Å². The average molecular weight is 566 g/mol. The molecule has 0 aliphatic heterocycles. The number of aryl methyl sites for hydroxylation is 1. The first-order valence-electron chi connectivity index (χ1n) is 13.9. The van der Waals surface area contributed by atoms with Crippen molar-refractivity contribution in [3.8, 4) is 0 Å². The standard InChI is InChI=1S/C30H43N7O2S/c1-37(17-14-31,18-15-32)16-4-6-26(33)29(38)36-28(13-12-22-8-10-23(21-40)11-9-22)30(39)35-25-19-24-5-2-3-7-27(24)34-20-25/h2-3,5,7-11,19-20,26,28H,4,6,12-18,21,31-33H2,1H3,(H2-,35,36,38,39,40)/t26-,28+/m0/s1. The summed E-state index contributed by atoms with van der Waals surface area (Å²) in [6.45, 7) is 3.61. The predicted molar refractivity (Wildman–Crippen MR) is 164 cm³/mol. The number of aromatic nitrogens is 1. The van der Waals surface area contributed by atoms with Gasteiger partial charge in [0, 0.05) is 18.5 Å². The largest absolute Gasteiger partial charge is 0.788 e. The highest BCUT2D eigenvalue weighted by Crippen LogP contribution is 2.17. The van der Waals surface area contributed by atoms with Crippen LogP contribution in [0.4, 0.5) is 5.69 Å². The van der Waals surface area contributed by atoms with Crippen molar-refractivity contribution in [2.75, 3.05) is 45.1 Å². The number of likely N-dealkylation sites (N-methyl/N-ethyl adjacent to an activating group) is 1. The monoisotopic (exact) mass is 565 g/mol. The summed E-state index contributed by atoms with van der Waals surface area (Å²) in [5, 5.41) is 6.75. The van der Waals surface area contributed by atoms with Crippen LogP contribution in [-0.2, 0) is 34.4 Å². The molecule has 0 unspecified atom stereocenters. The molecular weight excluding hydrogens is 522 g/mol. The van der Waals surface area contributed by atoms with Crippen molar-refractivity contribution in [3.05, 3.63) is 71.9 Å². The maximum Gasteiger partial charge on any atom is 0.247 e. The number of anilines is 1. The van der Waals surface area contributed by atoms with E-state index in [0.717, 1.165) is 52.6 Å². The van der Waals surface area contributed by atoms with Crippen LogP contribution < -0.4 is 27.8 Å². The lowest BCUT2D eigenvalue weighted by atomic mass is 10.0. The van der Waals surface area contributed by atoms with E-state index in [4.69, 9.17) is 29.8 Å². The zero-order valence-corrected chi connectivity index (χ0v) is 24.2. The Hall–Kier alpha value is -3.02. The summed E-state index contributed by atoms with van der Waals surface area (Å²) >= 11 is 5.11. The van der Waals surface area contributed by atoms with Gasteiger partial charge in [-0.15, -0.1) is 0 Å². The molecule has 2 amide bonds. The van der Waals surface area contributed by atoms with Crippen molar-refractivity contribution >= 4 is 41.0 Å². The number of pyridine rings is 1. The van der Waals surface area contributed by atoms with Crippen LogP contribution in [0.3, 0.4) is 0 Å². The molecule has 0 saturated heterocycles. The number of para-hydroxylation sites is 1. The van der Waals surface area contributed by atoms with Crippen molar-refractivity contribution in [2.45, 2.75) is 43.5 Å². The third kappa shape index (κ3) is 9.57. The molecule has 8 N–H and O–H groups in total. The normalized spacial score (nSPS) is 13.1. The van der Waals surface area contributed by atoms with Crippen molar-refractivity contribution in [1.82, 2.24) is 10.3 Å². The fraction of sp³-hybridized carbons (Fsp3) is 0.433. The first-order chi connectivity index (χ1) is 19.3. The first-order valence-corrected chi connectivity index (χ1v) is 14.5. The number of amides is 2. The minimum Gasteiger partial charge on any atom is -0.788 e. The van der Waals surface area contributed by atoms with Gasteiger partial charge in [0.2, 0.25) is 11.8 Å². The Balaban J connectivity index is 1.66. The zero-order valence-electron chi connectivity index (χ0n) is 23.4. The van der Waals surface area contributed by atoms with Gasteiger partial charge >= 0.3 is 0 Å². The van der Waals surface area contributed by atoms with E-state index >= 15 is 0 Å². The van der Waals surface area contributed by atoms with Gasteiger partial charge in [0.15, 0.2) is 0 Å². The van der Waals surface area contributed by atoms with Crippen molar-refractivity contribution in [1.29, 1.82) is 0 Å². The zero-order chi connectivity index (χ0) is 29.0. The highest BCUT2D eigenvalue weighted by atomic mass is 32.1. The van der Waals surface area contributed by atoms with E-state index in [1.807, 2.05) is 54.6 Å². The maximum absolute atomic E-state index is 13.4. The first kappa shape index (κ1) is 31.5. The molecule has 3 rings (SSSR count). The molecule has 1 aromatic heterocycles. The van der Waals surface area contributed by atoms with Gasteiger partial charge in [-0.1, -0.05) is 48.0 Å². The fourth-order valence-corrected chi connectivity index (χ4v) is 5.00. The molecule has 0 fully saturated rings. The number of nitrogens with one attached hydrogen (secondary N) is 2. The van der Waals surface area contributed by atoms with E-state index < -0.39 is 12.1 Å². The van der Waals surface area contributed by atoms with Gasteiger partial charge < -0.3 is 44.9 Å². The SMILES string of the molecule is C[N+](CCN)(CCN)CCC[C@H](N)C(=O)N[C@H](CCc1ccc(C[S-])cc1)C(=O)Nc1cnc2ccccc2c1. The Kier molecular flexibility index (Phi) is 12.4. The minimum absolute atomic E-state index is 0.310. The molecule has 216 valence electrons. The summed E-state index contributed by atoms with van der Waals surface area (Å²) in [4.78, 5) is 30.9. The van der Waals surface area contributed by atoms with Gasteiger partial charge in [0.05, 0.1) is 50.1 Å². The molecule has 2 atom stereocenters. The molecule has 40 heavy (non-hydrogen) atoms. The molecule has 1 heterocycles. The number of quaternary nitrogens is 1. The minimum atomic E-state index is -0.765. The molecule has 9 nitrogen and oxygen atoms in total. The summed E-state index contributed by atoms with van der Waals surface area (Å²) in [6.07, 6.45) is 3.90. The third-order valence-corrected chi connectivity index (χ3v) is 7.62. The highest BCUT2D eigenvalue weighted by molar-refractivity contribution is 7.57. The Morgan fingerprint density at radius 2 is 1.62 bits per heavy atom. The van der Waals surface area contributed by atoms with E-state index in [1.165, 1.54) is 0 Å². The van der Waals surface area contributed by atoms with E-state index in [0.29, 0.717) is 43.8 Å². The van der Waals surface area contributed by atoms with Gasteiger partial charge in [-0.25, -0.2) is 0 Å². The van der Waals surface area contributed by atoms with Crippen LogP contribution in [0.25, 0.3) is 10.9 Å². The summed E-state index contributed by atoms with van der Waals surface area (Å²) < 4.78 is 0.746. The number of carbonyl (C=O) groups is 2. The molecule has 0 spiro atoms. The molecule has 10 heteroatoms. The van der Waals surface area contributed by atoms with Crippen LogP contribution in [0, 0.1) is 0 Å². The molecule has 2 aromatic carbocycles. The number of rotatable bonds is 16. The van der Waals surface area contributed by atoms with Crippen LogP contribution in [0.2, 0.25) is 0 Å². The third-order valence-electron chi connectivity index (χ3n) is 7.29. The Bertz CT molecular complexity index is 1230. The molecule has 0 aliphatic carbocycles. The van der Waals surface area contributed by atoms with E-state index in [2.05, 4.69) is 22.7 Å². The lowest BCUT2D eigenvalue weighted by Crippen LogP contribution is -2.52. The summed E-state index contributed by atoms with van der Waals surface area (Å²) in [5.41, 5.74) is 21.4. The second-order valence-electron chi connectivity index (χ2n) is 10.6. The summed E-state index contributed by atoms with van der Waals surface area (Å²) in [5.74, 6) is -0.102. The molecule has 0 aliphatic rings. The van der Waals surface area contributed by atoms with Gasteiger partial charge in [0.25, 0.3) is 0 Å². The van der Waals surface area contributed by atoms with Crippen LogP contribution in [0.15, 0.2) is 60.8 Å². The summed E-state index contributed by atoms with van der Waals surface area (Å²) in [7, 11) is 2.12. The molecule has 0 radical (unpaired) electrons. The van der Waals surface area contributed by atoms with Gasteiger partial charge in [-0.3, -0.25) is 14.6 Å². The van der Waals surface area contributed by atoms with Crippen molar-refractivity contribution in [3.63, 3.8) is 0 Å². The molecular formula is C30H43N7O2S. The Morgan fingerprint density at radius 3 is 2.30 bits per heavy atom.